The summed E-state index contributed by atoms with van der Waals surface area (Å²) in [5.41, 5.74) is 6.16. The first-order chi connectivity index (χ1) is 10.0. The molecule has 0 aliphatic heterocycles. The van der Waals surface area contributed by atoms with Crippen LogP contribution in [0.4, 0.5) is 5.82 Å². The van der Waals surface area contributed by atoms with Crippen molar-refractivity contribution >= 4 is 17.8 Å². The molecule has 0 aliphatic carbocycles. The van der Waals surface area contributed by atoms with Gasteiger partial charge in [0.2, 0.25) is 0 Å². The number of nitrogens with one attached hydrogen (secondary N) is 1. The van der Waals surface area contributed by atoms with Gasteiger partial charge in [0.05, 0.1) is 6.10 Å². The normalized spacial score (nSPS) is 11.2. The molecule has 0 bridgehead atoms. The molecule has 1 rings (SSSR count). The molecule has 1 aromatic heterocycles. The Morgan fingerprint density at radius 1 is 1.57 bits per heavy atom. The van der Waals surface area contributed by atoms with Crippen LogP contribution in [0.1, 0.15) is 25.8 Å². The van der Waals surface area contributed by atoms with Crippen LogP contribution >= 0.6 is 0 Å². The van der Waals surface area contributed by atoms with E-state index in [0.717, 1.165) is 0 Å². The number of amides is 1. The number of anilines is 1. The number of nitrogens with zero attached hydrogens (tertiary/aromatic N) is 2. The number of hydrogen-bond acceptors (Lipinski definition) is 5. The molecule has 1 amide bonds. The lowest BCUT2D eigenvalue weighted by atomic mass is 10.1. The Bertz CT molecular complexity index is 530. The van der Waals surface area contributed by atoms with Crippen LogP contribution in [0, 0.1) is 11.3 Å². The Labute approximate surface area is 124 Å². The molecular formula is C15H20N4O2. The molecule has 0 aliphatic rings. The molecule has 112 valence electrons. The lowest BCUT2D eigenvalue weighted by Gasteiger charge is -2.07. The van der Waals surface area contributed by atoms with E-state index in [2.05, 4.69) is 10.3 Å². The van der Waals surface area contributed by atoms with Gasteiger partial charge in [0, 0.05) is 19.3 Å². The summed E-state index contributed by atoms with van der Waals surface area (Å²) in [6.45, 7) is 4.95. The summed E-state index contributed by atoms with van der Waals surface area (Å²) in [4.78, 5) is 15.8. The van der Waals surface area contributed by atoms with Gasteiger partial charge >= 0.3 is 0 Å². The van der Waals surface area contributed by atoms with Crippen molar-refractivity contribution in [2.45, 2.75) is 26.4 Å². The van der Waals surface area contributed by atoms with Gasteiger partial charge in [0.1, 0.15) is 17.5 Å². The molecule has 0 spiro atoms. The number of carbonyl (C=O) groups excluding carboxylic acids is 1. The molecule has 0 aromatic carbocycles. The van der Waals surface area contributed by atoms with Gasteiger partial charge < -0.3 is 15.8 Å². The maximum atomic E-state index is 11.9. The average molecular weight is 288 g/mol. The van der Waals surface area contributed by atoms with Crippen LogP contribution in [0.2, 0.25) is 0 Å². The number of nitriles is 1. The summed E-state index contributed by atoms with van der Waals surface area (Å²) >= 11 is 0. The molecule has 6 heteroatoms. The fraction of sp³-hybridized carbons (Fsp3) is 0.400. The number of nitrogens with two attached hydrogens (primary N) is 1. The SMILES string of the molecule is CC(C)OCCCNC(=O)/C(C#N)=C/c1ccc(N)nc1. The fourth-order valence-corrected chi connectivity index (χ4v) is 1.51. The van der Waals surface area contributed by atoms with Gasteiger partial charge in [-0.2, -0.15) is 5.26 Å². The smallest absolute Gasteiger partial charge is 0.261 e. The number of aromatic nitrogens is 1. The van der Waals surface area contributed by atoms with Crippen LogP contribution in [0.3, 0.4) is 0 Å². The minimum Gasteiger partial charge on any atom is -0.384 e. The molecular weight excluding hydrogens is 268 g/mol. The quantitative estimate of drug-likeness (QED) is 0.450. The van der Waals surface area contributed by atoms with E-state index < -0.39 is 5.91 Å². The van der Waals surface area contributed by atoms with Crippen molar-refractivity contribution in [3.05, 3.63) is 29.5 Å². The van der Waals surface area contributed by atoms with Crippen LogP contribution < -0.4 is 11.1 Å². The Morgan fingerprint density at radius 3 is 2.90 bits per heavy atom. The van der Waals surface area contributed by atoms with Crippen LogP contribution in [-0.4, -0.2) is 30.1 Å². The maximum absolute atomic E-state index is 11.9. The second-order valence-corrected chi connectivity index (χ2v) is 4.72. The Kier molecular flexibility index (Phi) is 6.92. The van der Waals surface area contributed by atoms with E-state index in [-0.39, 0.29) is 11.7 Å². The third-order valence-corrected chi connectivity index (χ3v) is 2.54. The number of pyridine rings is 1. The average Bonchev–Trinajstić information content (AvgIpc) is 2.45. The zero-order chi connectivity index (χ0) is 15.7. The lowest BCUT2D eigenvalue weighted by molar-refractivity contribution is -0.117. The second-order valence-electron chi connectivity index (χ2n) is 4.72. The molecule has 1 heterocycles. The number of ether oxygens (including phenoxy) is 1. The summed E-state index contributed by atoms with van der Waals surface area (Å²) in [5, 5.41) is 11.7. The summed E-state index contributed by atoms with van der Waals surface area (Å²) in [5.74, 6) is -0.0147. The van der Waals surface area contributed by atoms with Gasteiger partial charge in [0.15, 0.2) is 0 Å². The van der Waals surface area contributed by atoms with E-state index in [4.69, 9.17) is 15.7 Å². The standard InChI is InChI=1S/C15H20N4O2/c1-11(2)21-7-3-6-18-15(20)13(9-16)8-12-4-5-14(17)19-10-12/h4-5,8,10-11H,3,6-7H2,1-2H3,(H2,17,19)(H,18,20)/b13-8+. The highest BCUT2D eigenvalue weighted by atomic mass is 16.5. The monoisotopic (exact) mass is 288 g/mol. The van der Waals surface area contributed by atoms with Crippen LogP contribution in [0.5, 0.6) is 0 Å². The fourth-order valence-electron chi connectivity index (χ4n) is 1.51. The summed E-state index contributed by atoms with van der Waals surface area (Å²) < 4.78 is 5.37. The molecule has 0 saturated carbocycles. The van der Waals surface area contributed by atoms with Crippen molar-refractivity contribution in [1.82, 2.24) is 10.3 Å². The molecule has 0 saturated heterocycles. The van der Waals surface area contributed by atoms with Crippen molar-refractivity contribution in [3.63, 3.8) is 0 Å². The van der Waals surface area contributed by atoms with Gasteiger partial charge in [-0.05, 0) is 44.0 Å². The first-order valence-corrected chi connectivity index (χ1v) is 6.76. The van der Waals surface area contributed by atoms with E-state index in [0.29, 0.717) is 31.0 Å². The predicted molar refractivity (Wildman–Crippen MR) is 81.0 cm³/mol. The van der Waals surface area contributed by atoms with Gasteiger partial charge in [-0.15, -0.1) is 0 Å². The highest BCUT2D eigenvalue weighted by Crippen LogP contribution is 2.07. The highest BCUT2D eigenvalue weighted by molar-refractivity contribution is 6.01. The highest BCUT2D eigenvalue weighted by Gasteiger charge is 2.08. The van der Waals surface area contributed by atoms with Crippen molar-refractivity contribution < 1.29 is 9.53 Å². The van der Waals surface area contributed by atoms with Gasteiger partial charge in [-0.25, -0.2) is 4.98 Å². The van der Waals surface area contributed by atoms with Gasteiger partial charge in [0.25, 0.3) is 5.91 Å². The first kappa shape index (κ1) is 16.7. The topological polar surface area (TPSA) is 101 Å². The molecule has 1 aromatic rings. The predicted octanol–water partition coefficient (Wildman–Crippen LogP) is 1.50. The second kappa shape index (κ2) is 8.72. The molecule has 0 radical (unpaired) electrons. The molecule has 21 heavy (non-hydrogen) atoms. The Balaban J connectivity index is 2.50. The minimum absolute atomic E-state index is 0.0337. The van der Waals surface area contributed by atoms with Crippen LogP contribution in [0.25, 0.3) is 6.08 Å². The van der Waals surface area contributed by atoms with Crippen molar-refractivity contribution in [3.8, 4) is 6.07 Å². The van der Waals surface area contributed by atoms with E-state index in [1.165, 1.54) is 12.3 Å². The third-order valence-electron chi connectivity index (χ3n) is 2.54. The Hall–Kier alpha value is -2.39. The number of hydrogen-bond donors (Lipinski definition) is 2. The molecule has 0 unspecified atom stereocenters. The van der Waals surface area contributed by atoms with Crippen molar-refractivity contribution in [1.29, 1.82) is 5.26 Å². The first-order valence-electron chi connectivity index (χ1n) is 6.76. The van der Waals surface area contributed by atoms with E-state index >= 15 is 0 Å². The van der Waals surface area contributed by atoms with E-state index in [9.17, 15) is 4.79 Å². The molecule has 6 nitrogen and oxygen atoms in total. The minimum atomic E-state index is -0.404. The lowest BCUT2D eigenvalue weighted by Crippen LogP contribution is -2.26. The molecule has 0 fully saturated rings. The van der Waals surface area contributed by atoms with Gasteiger partial charge in [-0.3, -0.25) is 4.79 Å². The number of rotatable bonds is 7. The van der Waals surface area contributed by atoms with Crippen molar-refractivity contribution in [2.75, 3.05) is 18.9 Å². The summed E-state index contributed by atoms with van der Waals surface area (Å²) in [6, 6.07) is 5.19. The van der Waals surface area contributed by atoms with Crippen LogP contribution in [0.15, 0.2) is 23.9 Å². The summed E-state index contributed by atoms with van der Waals surface area (Å²) in [6.07, 6.45) is 3.86. The summed E-state index contributed by atoms with van der Waals surface area (Å²) in [7, 11) is 0. The molecule has 3 N–H and O–H groups in total. The van der Waals surface area contributed by atoms with E-state index in [1.807, 2.05) is 19.9 Å². The largest absolute Gasteiger partial charge is 0.384 e. The zero-order valence-electron chi connectivity index (χ0n) is 12.3. The van der Waals surface area contributed by atoms with Crippen LogP contribution in [-0.2, 0) is 9.53 Å². The number of nitrogen functional groups attached to an aromatic ring is 1. The number of carbonyl (C=O) groups is 1. The maximum Gasteiger partial charge on any atom is 0.261 e. The van der Waals surface area contributed by atoms with E-state index in [1.54, 1.807) is 12.1 Å². The van der Waals surface area contributed by atoms with Crippen molar-refractivity contribution in [2.24, 2.45) is 0 Å². The zero-order valence-corrected chi connectivity index (χ0v) is 12.3. The third kappa shape index (κ3) is 6.54. The Morgan fingerprint density at radius 2 is 2.33 bits per heavy atom. The van der Waals surface area contributed by atoms with Gasteiger partial charge in [-0.1, -0.05) is 0 Å². The molecule has 0 atom stereocenters.